The average molecular weight is 305 g/mol. The average Bonchev–Trinajstić information content (AvgIpc) is 2.30. The number of alkyl halides is 1. The SMILES string of the molecule is CCN(CCCCCl)Cc1ccccc1Br. The van der Waals surface area contributed by atoms with Crippen molar-refractivity contribution < 1.29 is 0 Å². The largest absolute Gasteiger partial charge is 0.299 e. The lowest BCUT2D eigenvalue weighted by Gasteiger charge is -2.20. The first kappa shape index (κ1) is 14.0. The molecule has 0 unspecified atom stereocenters. The third-order valence-electron chi connectivity index (χ3n) is 2.66. The summed E-state index contributed by atoms with van der Waals surface area (Å²) < 4.78 is 1.20. The van der Waals surface area contributed by atoms with E-state index in [2.05, 4.69) is 52.0 Å². The number of benzene rings is 1. The molecule has 0 radical (unpaired) electrons. The van der Waals surface area contributed by atoms with Crippen molar-refractivity contribution in [2.24, 2.45) is 0 Å². The molecule has 3 heteroatoms. The van der Waals surface area contributed by atoms with E-state index < -0.39 is 0 Å². The molecule has 0 atom stereocenters. The molecule has 0 fully saturated rings. The van der Waals surface area contributed by atoms with Crippen LogP contribution in [0.1, 0.15) is 25.3 Å². The molecule has 16 heavy (non-hydrogen) atoms. The van der Waals surface area contributed by atoms with E-state index in [0.717, 1.165) is 31.9 Å². The molecule has 1 rings (SSSR count). The van der Waals surface area contributed by atoms with Gasteiger partial charge in [0, 0.05) is 16.9 Å². The zero-order valence-electron chi connectivity index (χ0n) is 9.76. The van der Waals surface area contributed by atoms with Crippen LogP contribution in [0.2, 0.25) is 0 Å². The van der Waals surface area contributed by atoms with Crippen molar-refractivity contribution in [3.05, 3.63) is 34.3 Å². The second kappa shape index (κ2) is 8.10. The number of hydrogen-bond acceptors (Lipinski definition) is 1. The number of hydrogen-bond donors (Lipinski definition) is 0. The monoisotopic (exact) mass is 303 g/mol. The Balaban J connectivity index is 2.46. The predicted molar refractivity (Wildman–Crippen MR) is 75.0 cm³/mol. The van der Waals surface area contributed by atoms with E-state index >= 15 is 0 Å². The molecule has 1 nitrogen and oxygen atoms in total. The van der Waals surface area contributed by atoms with Gasteiger partial charge in [-0.25, -0.2) is 0 Å². The van der Waals surface area contributed by atoms with Crippen LogP contribution in [0.3, 0.4) is 0 Å². The fourth-order valence-electron chi connectivity index (χ4n) is 1.65. The quantitative estimate of drug-likeness (QED) is 0.536. The Bertz CT molecular complexity index is 304. The molecule has 0 N–H and O–H groups in total. The van der Waals surface area contributed by atoms with Crippen molar-refractivity contribution in [3.8, 4) is 0 Å². The van der Waals surface area contributed by atoms with Gasteiger partial charge in [0.1, 0.15) is 0 Å². The predicted octanol–water partition coefficient (Wildman–Crippen LogP) is 4.29. The molecule has 0 amide bonds. The Morgan fingerprint density at radius 3 is 2.62 bits per heavy atom. The maximum absolute atomic E-state index is 5.69. The maximum atomic E-state index is 5.69. The minimum absolute atomic E-state index is 0.770. The molecule has 0 spiro atoms. The molecule has 0 aliphatic carbocycles. The highest BCUT2D eigenvalue weighted by Crippen LogP contribution is 2.17. The molecule has 0 saturated heterocycles. The van der Waals surface area contributed by atoms with Crippen molar-refractivity contribution in [1.82, 2.24) is 4.90 Å². The molecule has 0 aliphatic rings. The Hall–Kier alpha value is -0.0500. The summed E-state index contributed by atoms with van der Waals surface area (Å²) in [6.45, 7) is 5.44. The number of halogens is 2. The summed E-state index contributed by atoms with van der Waals surface area (Å²) in [5, 5.41) is 0. The number of nitrogens with zero attached hydrogens (tertiary/aromatic N) is 1. The molecule has 0 bridgehead atoms. The molecule has 0 aliphatic heterocycles. The Morgan fingerprint density at radius 1 is 1.25 bits per heavy atom. The van der Waals surface area contributed by atoms with Crippen molar-refractivity contribution in [1.29, 1.82) is 0 Å². The summed E-state index contributed by atoms with van der Waals surface area (Å²) in [6, 6.07) is 8.42. The van der Waals surface area contributed by atoms with E-state index in [0.29, 0.717) is 0 Å². The van der Waals surface area contributed by atoms with Gasteiger partial charge in [-0.05, 0) is 37.6 Å². The number of unbranched alkanes of at least 4 members (excludes halogenated alkanes) is 1. The molecule has 90 valence electrons. The summed E-state index contributed by atoms with van der Waals surface area (Å²) in [7, 11) is 0. The van der Waals surface area contributed by atoms with Crippen LogP contribution in [0.4, 0.5) is 0 Å². The molecular formula is C13H19BrClN. The molecule has 0 aromatic heterocycles. The van der Waals surface area contributed by atoms with Crippen molar-refractivity contribution in [3.63, 3.8) is 0 Å². The standard InChI is InChI=1S/C13H19BrClN/c1-2-16(10-6-5-9-15)11-12-7-3-4-8-13(12)14/h3-4,7-8H,2,5-6,9-11H2,1H3. The van der Waals surface area contributed by atoms with Crippen molar-refractivity contribution in [2.75, 3.05) is 19.0 Å². The minimum Gasteiger partial charge on any atom is -0.299 e. The second-order valence-corrected chi connectivity index (χ2v) is 5.09. The zero-order chi connectivity index (χ0) is 11.8. The molecule has 1 aromatic carbocycles. The van der Waals surface area contributed by atoms with E-state index in [1.54, 1.807) is 0 Å². The highest BCUT2D eigenvalue weighted by molar-refractivity contribution is 9.10. The Labute approximate surface area is 112 Å². The highest BCUT2D eigenvalue weighted by Gasteiger charge is 2.05. The summed E-state index contributed by atoms with van der Waals surface area (Å²) in [5.41, 5.74) is 1.36. The van der Waals surface area contributed by atoms with Gasteiger partial charge in [-0.3, -0.25) is 4.90 Å². The summed E-state index contributed by atoms with van der Waals surface area (Å²) in [6.07, 6.45) is 2.29. The van der Waals surface area contributed by atoms with E-state index in [1.807, 2.05) is 0 Å². The first-order valence-electron chi connectivity index (χ1n) is 5.79. The van der Waals surface area contributed by atoms with Gasteiger partial charge in [-0.15, -0.1) is 11.6 Å². The van der Waals surface area contributed by atoms with E-state index in [9.17, 15) is 0 Å². The van der Waals surface area contributed by atoms with Gasteiger partial charge in [0.05, 0.1) is 0 Å². The maximum Gasteiger partial charge on any atom is 0.0244 e. The highest BCUT2D eigenvalue weighted by atomic mass is 79.9. The lowest BCUT2D eigenvalue weighted by Crippen LogP contribution is -2.24. The summed E-state index contributed by atoms with van der Waals surface area (Å²) >= 11 is 9.28. The van der Waals surface area contributed by atoms with Gasteiger partial charge < -0.3 is 0 Å². The van der Waals surface area contributed by atoms with Crippen molar-refractivity contribution in [2.45, 2.75) is 26.3 Å². The van der Waals surface area contributed by atoms with Gasteiger partial charge >= 0.3 is 0 Å². The first-order chi connectivity index (χ1) is 7.77. The van der Waals surface area contributed by atoms with Gasteiger partial charge in [-0.2, -0.15) is 0 Å². The number of rotatable bonds is 7. The van der Waals surface area contributed by atoms with Crippen LogP contribution in [0.25, 0.3) is 0 Å². The third-order valence-corrected chi connectivity index (χ3v) is 3.70. The van der Waals surface area contributed by atoms with E-state index in [4.69, 9.17) is 11.6 Å². The van der Waals surface area contributed by atoms with Crippen LogP contribution >= 0.6 is 27.5 Å². The Kier molecular flexibility index (Phi) is 7.10. The molecule has 1 aromatic rings. The van der Waals surface area contributed by atoms with Crippen LogP contribution in [0.5, 0.6) is 0 Å². The summed E-state index contributed by atoms with van der Waals surface area (Å²) in [5.74, 6) is 0.770. The second-order valence-electron chi connectivity index (χ2n) is 3.86. The van der Waals surface area contributed by atoms with Crippen LogP contribution in [0.15, 0.2) is 28.7 Å². The smallest absolute Gasteiger partial charge is 0.0244 e. The molecule has 0 heterocycles. The van der Waals surface area contributed by atoms with Crippen LogP contribution in [0, 0.1) is 0 Å². The lowest BCUT2D eigenvalue weighted by molar-refractivity contribution is 0.275. The van der Waals surface area contributed by atoms with Crippen LogP contribution < -0.4 is 0 Å². The molecular weight excluding hydrogens is 286 g/mol. The molecule has 0 saturated carbocycles. The van der Waals surface area contributed by atoms with Gasteiger partial charge in [0.2, 0.25) is 0 Å². The van der Waals surface area contributed by atoms with Gasteiger partial charge in [0.15, 0.2) is 0 Å². The topological polar surface area (TPSA) is 3.24 Å². The van der Waals surface area contributed by atoms with Crippen molar-refractivity contribution >= 4 is 27.5 Å². The third kappa shape index (κ3) is 4.86. The van der Waals surface area contributed by atoms with Gasteiger partial charge in [-0.1, -0.05) is 41.1 Å². The normalized spacial score (nSPS) is 11.0. The lowest BCUT2D eigenvalue weighted by atomic mass is 10.2. The fraction of sp³-hybridized carbons (Fsp3) is 0.538. The Morgan fingerprint density at radius 2 is 2.00 bits per heavy atom. The van der Waals surface area contributed by atoms with Crippen LogP contribution in [-0.2, 0) is 6.54 Å². The minimum atomic E-state index is 0.770. The fourth-order valence-corrected chi connectivity index (χ4v) is 2.25. The first-order valence-corrected chi connectivity index (χ1v) is 7.12. The zero-order valence-corrected chi connectivity index (χ0v) is 12.1. The summed E-state index contributed by atoms with van der Waals surface area (Å²) in [4.78, 5) is 2.45. The van der Waals surface area contributed by atoms with E-state index in [-0.39, 0.29) is 0 Å². The van der Waals surface area contributed by atoms with Crippen LogP contribution in [-0.4, -0.2) is 23.9 Å². The van der Waals surface area contributed by atoms with E-state index in [1.165, 1.54) is 16.5 Å². The van der Waals surface area contributed by atoms with Gasteiger partial charge in [0.25, 0.3) is 0 Å².